The van der Waals surface area contributed by atoms with Gasteiger partial charge in [0.2, 0.25) is 5.91 Å². The third kappa shape index (κ3) is 5.09. The van der Waals surface area contributed by atoms with E-state index in [4.69, 9.17) is 0 Å². The van der Waals surface area contributed by atoms with E-state index in [1.54, 1.807) is 12.1 Å². The van der Waals surface area contributed by atoms with Gasteiger partial charge in [0.15, 0.2) is 0 Å². The van der Waals surface area contributed by atoms with Gasteiger partial charge < -0.3 is 10.6 Å². The van der Waals surface area contributed by atoms with Gasteiger partial charge in [-0.25, -0.2) is 0 Å². The number of nitrogens with one attached hydrogen (secondary N) is 2. The molecule has 32 heavy (non-hydrogen) atoms. The first-order valence-electron chi connectivity index (χ1n) is 10.1. The molecule has 0 saturated heterocycles. The standard InChI is InChI=1S/C25H19F3N2O2/c26-25(27,28)20-9-3-5-16(13-20)6-4-12-29-24(32)21-14-18-7-1-2-8-19(18)15-22(21)30-23(31)17-10-11-17/h1-3,5,7-9,13-15,17H,10-12H2,(H,29,32)(H,30,31). The topological polar surface area (TPSA) is 58.2 Å². The van der Waals surface area contributed by atoms with E-state index >= 15 is 0 Å². The second kappa shape index (κ2) is 8.75. The zero-order chi connectivity index (χ0) is 22.7. The first-order chi connectivity index (χ1) is 15.3. The fraction of sp³-hybridized carbons (Fsp3) is 0.200. The highest BCUT2D eigenvalue weighted by Gasteiger charge is 2.31. The van der Waals surface area contributed by atoms with Crippen molar-refractivity contribution in [3.05, 3.63) is 77.4 Å². The number of alkyl halides is 3. The highest BCUT2D eigenvalue weighted by atomic mass is 19.4. The molecule has 0 atom stereocenters. The summed E-state index contributed by atoms with van der Waals surface area (Å²) in [6.45, 7) is -0.0576. The van der Waals surface area contributed by atoms with Gasteiger partial charge in [0.25, 0.3) is 5.91 Å². The molecule has 3 aromatic rings. The predicted octanol–water partition coefficient (Wildman–Crippen LogP) is 4.99. The lowest BCUT2D eigenvalue weighted by Gasteiger charge is -2.12. The molecule has 3 aromatic carbocycles. The van der Waals surface area contributed by atoms with Gasteiger partial charge in [-0.1, -0.05) is 42.2 Å². The van der Waals surface area contributed by atoms with Gasteiger partial charge in [-0.3, -0.25) is 9.59 Å². The molecule has 0 aliphatic heterocycles. The van der Waals surface area contributed by atoms with Crippen LogP contribution in [0.3, 0.4) is 0 Å². The van der Waals surface area contributed by atoms with Crippen LogP contribution in [0.25, 0.3) is 10.8 Å². The molecule has 0 heterocycles. The zero-order valence-corrected chi connectivity index (χ0v) is 16.9. The summed E-state index contributed by atoms with van der Waals surface area (Å²) in [5.74, 6) is 4.74. The van der Waals surface area contributed by atoms with Crippen molar-refractivity contribution in [2.24, 2.45) is 5.92 Å². The Morgan fingerprint density at radius 1 is 0.969 bits per heavy atom. The zero-order valence-electron chi connectivity index (χ0n) is 16.9. The summed E-state index contributed by atoms with van der Waals surface area (Å²) in [4.78, 5) is 25.0. The summed E-state index contributed by atoms with van der Waals surface area (Å²) >= 11 is 0. The number of hydrogen-bond acceptors (Lipinski definition) is 2. The molecule has 1 aliphatic rings. The van der Waals surface area contributed by atoms with E-state index in [0.717, 1.165) is 35.7 Å². The smallest absolute Gasteiger partial charge is 0.341 e. The van der Waals surface area contributed by atoms with Gasteiger partial charge in [0.1, 0.15) is 0 Å². The van der Waals surface area contributed by atoms with Gasteiger partial charge in [-0.2, -0.15) is 13.2 Å². The molecule has 2 amide bonds. The Morgan fingerprint density at radius 2 is 1.69 bits per heavy atom. The van der Waals surface area contributed by atoms with Crippen LogP contribution < -0.4 is 10.6 Å². The minimum absolute atomic E-state index is 0.0179. The van der Waals surface area contributed by atoms with Crippen LogP contribution in [-0.4, -0.2) is 18.4 Å². The van der Waals surface area contributed by atoms with Crippen molar-refractivity contribution in [2.75, 3.05) is 11.9 Å². The number of rotatable bonds is 4. The van der Waals surface area contributed by atoms with Crippen LogP contribution in [0.1, 0.15) is 34.3 Å². The van der Waals surface area contributed by atoms with Crippen molar-refractivity contribution < 1.29 is 22.8 Å². The van der Waals surface area contributed by atoms with Crippen LogP contribution in [0.15, 0.2) is 60.7 Å². The number of halogens is 3. The molecule has 0 aromatic heterocycles. The Kier molecular flexibility index (Phi) is 5.87. The van der Waals surface area contributed by atoms with Gasteiger partial charge in [0, 0.05) is 11.5 Å². The SMILES string of the molecule is O=C(NCC#Cc1cccc(C(F)(F)F)c1)c1cc2ccccc2cc1NC(=O)C1CC1. The van der Waals surface area contributed by atoms with Crippen molar-refractivity contribution in [3.63, 3.8) is 0 Å². The molecular weight excluding hydrogens is 417 g/mol. The van der Waals surface area contributed by atoms with Crippen molar-refractivity contribution in [1.82, 2.24) is 5.32 Å². The molecule has 7 heteroatoms. The van der Waals surface area contributed by atoms with Crippen LogP contribution in [0.2, 0.25) is 0 Å². The molecule has 1 aliphatic carbocycles. The third-order valence-electron chi connectivity index (χ3n) is 5.10. The molecule has 1 saturated carbocycles. The van der Waals surface area contributed by atoms with Crippen LogP contribution in [0.4, 0.5) is 18.9 Å². The Morgan fingerprint density at radius 3 is 2.38 bits per heavy atom. The van der Waals surface area contributed by atoms with Crippen LogP contribution in [-0.2, 0) is 11.0 Å². The number of hydrogen-bond donors (Lipinski definition) is 2. The van der Waals surface area contributed by atoms with Crippen molar-refractivity contribution in [2.45, 2.75) is 19.0 Å². The van der Waals surface area contributed by atoms with Crippen molar-refractivity contribution in [3.8, 4) is 11.8 Å². The maximum Gasteiger partial charge on any atom is 0.416 e. The summed E-state index contributed by atoms with van der Waals surface area (Å²) in [6, 6.07) is 15.6. The monoisotopic (exact) mass is 436 g/mol. The Balaban J connectivity index is 1.50. The largest absolute Gasteiger partial charge is 0.416 e. The Bertz CT molecular complexity index is 1250. The number of anilines is 1. The van der Waals surface area contributed by atoms with Gasteiger partial charge in [-0.05, 0) is 53.9 Å². The average molecular weight is 436 g/mol. The quantitative estimate of drug-likeness (QED) is 0.567. The van der Waals surface area contributed by atoms with Gasteiger partial charge >= 0.3 is 6.18 Å². The number of fused-ring (bicyclic) bond motifs is 1. The summed E-state index contributed by atoms with van der Waals surface area (Å²) in [5.41, 5.74) is 0.153. The van der Waals surface area contributed by atoms with E-state index in [1.165, 1.54) is 12.1 Å². The summed E-state index contributed by atoms with van der Waals surface area (Å²) < 4.78 is 38.4. The number of carbonyl (C=O) groups is 2. The van der Waals surface area contributed by atoms with Gasteiger partial charge in [-0.15, -0.1) is 0 Å². The average Bonchev–Trinajstić information content (AvgIpc) is 3.61. The highest BCUT2D eigenvalue weighted by Crippen LogP contribution is 2.32. The molecule has 0 unspecified atom stereocenters. The van der Waals surface area contributed by atoms with E-state index in [1.807, 2.05) is 24.3 Å². The molecule has 0 spiro atoms. The van der Waals surface area contributed by atoms with Crippen LogP contribution in [0.5, 0.6) is 0 Å². The molecule has 0 bridgehead atoms. The molecular formula is C25H19F3N2O2. The van der Waals surface area contributed by atoms with E-state index in [0.29, 0.717) is 11.3 Å². The number of benzene rings is 3. The van der Waals surface area contributed by atoms with Crippen molar-refractivity contribution >= 4 is 28.3 Å². The lowest BCUT2D eigenvalue weighted by Crippen LogP contribution is -2.26. The number of carbonyl (C=O) groups excluding carboxylic acids is 2. The van der Waals surface area contributed by atoms with Crippen molar-refractivity contribution in [1.29, 1.82) is 0 Å². The van der Waals surface area contributed by atoms with E-state index < -0.39 is 17.6 Å². The molecule has 4 rings (SSSR count). The number of amides is 2. The normalized spacial score (nSPS) is 13.2. The lowest BCUT2D eigenvalue weighted by molar-refractivity contribution is -0.137. The second-order valence-electron chi connectivity index (χ2n) is 7.57. The first kappa shape index (κ1) is 21.4. The summed E-state index contributed by atoms with van der Waals surface area (Å²) in [6.07, 6.45) is -2.76. The first-order valence-corrected chi connectivity index (χ1v) is 10.1. The maximum absolute atomic E-state index is 12.8. The minimum atomic E-state index is -4.44. The lowest BCUT2D eigenvalue weighted by atomic mass is 10.0. The molecule has 1 fully saturated rings. The van der Waals surface area contributed by atoms with Gasteiger partial charge in [0.05, 0.1) is 23.4 Å². The minimum Gasteiger partial charge on any atom is -0.341 e. The molecule has 162 valence electrons. The molecule has 2 N–H and O–H groups in total. The highest BCUT2D eigenvalue weighted by molar-refractivity contribution is 6.08. The summed E-state index contributed by atoms with van der Waals surface area (Å²) in [5, 5.41) is 7.22. The van der Waals surface area contributed by atoms with Crippen LogP contribution >= 0.6 is 0 Å². The Hall–Kier alpha value is -3.79. The van der Waals surface area contributed by atoms with E-state index in [-0.39, 0.29) is 23.9 Å². The summed E-state index contributed by atoms with van der Waals surface area (Å²) in [7, 11) is 0. The fourth-order valence-corrected chi connectivity index (χ4v) is 3.25. The van der Waals surface area contributed by atoms with E-state index in [9.17, 15) is 22.8 Å². The predicted molar refractivity (Wildman–Crippen MR) is 116 cm³/mol. The van der Waals surface area contributed by atoms with Crippen LogP contribution in [0, 0.1) is 17.8 Å². The Labute approximate surface area is 182 Å². The molecule has 4 nitrogen and oxygen atoms in total. The maximum atomic E-state index is 12.8. The fourth-order valence-electron chi connectivity index (χ4n) is 3.25. The molecule has 0 radical (unpaired) electrons. The van der Waals surface area contributed by atoms with E-state index in [2.05, 4.69) is 22.5 Å². The third-order valence-corrected chi connectivity index (χ3v) is 5.10. The second-order valence-corrected chi connectivity index (χ2v) is 7.57.